The molecule has 0 aliphatic carbocycles. The number of aryl methyl sites for hydroxylation is 1. The quantitative estimate of drug-likeness (QED) is 0.850. The molecule has 0 aromatic heterocycles. The molecule has 2 aromatic rings. The van der Waals surface area contributed by atoms with E-state index in [-0.39, 0.29) is 0 Å². The van der Waals surface area contributed by atoms with Crippen LogP contribution in [0.1, 0.15) is 19.4 Å². The Kier molecular flexibility index (Phi) is 4.99. The summed E-state index contributed by atoms with van der Waals surface area (Å²) in [4.78, 5) is 0. The highest BCUT2D eigenvalue weighted by molar-refractivity contribution is 5.91. The number of aliphatic hydroxyl groups is 1. The fourth-order valence-electron chi connectivity index (χ4n) is 2.23. The van der Waals surface area contributed by atoms with Crippen LogP contribution in [0.25, 0.3) is 10.8 Å². The molecule has 0 aliphatic rings. The number of rotatable bonds is 6. The summed E-state index contributed by atoms with van der Waals surface area (Å²) in [6, 6.07) is 12.6. The number of ether oxygens (including phenoxy) is 1. The van der Waals surface area contributed by atoms with Crippen molar-refractivity contribution in [2.45, 2.75) is 32.9 Å². The molecule has 0 aliphatic heterocycles. The summed E-state index contributed by atoms with van der Waals surface area (Å²) in [7, 11) is 0. The van der Waals surface area contributed by atoms with Crippen LogP contribution in [0.3, 0.4) is 0 Å². The zero-order valence-electron chi connectivity index (χ0n) is 12.4. The first-order valence-electron chi connectivity index (χ1n) is 7.10. The summed E-state index contributed by atoms with van der Waals surface area (Å²) in [6.45, 7) is 7.03. The Labute approximate surface area is 120 Å². The Hall–Kier alpha value is -1.58. The molecule has 2 aromatic carbocycles. The van der Waals surface area contributed by atoms with E-state index in [2.05, 4.69) is 44.3 Å². The Morgan fingerprint density at radius 1 is 1.15 bits per heavy atom. The van der Waals surface area contributed by atoms with Crippen LogP contribution in [0.4, 0.5) is 0 Å². The standard InChI is InChI=1S/C17H23NO2/c1-12(2)18-10-15(19)11-20-16-9-5-8-14-7-4-6-13(3)17(14)16/h4-9,12,15,18-19H,10-11H2,1-3H3. The van der Waals surface area contributed by atoms with Crippen LogP contribution < -0.4 is 10.1 Å². The maximum absolute atomic E-state index is 9.91. The van der Waals surface area contributed by atoms with Crippen molar-refractivity contribution in [3.8, 4) is 5.75 Å². The van der Waals surface area contributed by atoms with Gasteiger partial charge in [0.1, 0.15) is 18.5 Å². The molecule has 0 heterocycles. The second kappa shape index (κ2) is 6.73. The molecule has 0 saturated heterocycles. The van der Waals surface area contributed by atoms with E-state index >= 15 is 0 Å². The van der Waals surface area contributed by atoms with Gasteiger partial charge >= 0.3 is 0 Å². The van der Waals surface area contributed by atoms with E-state index in [0.717, 1.165) is 16.5 Å². The summed E-state index contributed by atoms with van der Waals surface area (Å²) in [6.07, 6.45) is -0.503. The first kappa shape index (κ1) is 14.8. The van der Waals surface area contributed by atoms with Crippen LogP contribution in [-0.2, 0) is 0 Å². The van der Waals surface area contributed by atoms with E-state index in [1.54, 1.807) is 0 Å². The second-order valence-corrected chi connectivity index (χ2v) is 5.46. The molecule has 3 heteroatoms. The Balaban J connectivity index is 2.06. The van der Waals surface area contributed by atoms with Gasteiger partial charge in [-0.2, -0.15) is 0 Å². The first-order valence-corrected chi connectivity index (χ1v) is 7.10. The number of hydrogen-bond acceptors (Lipinski definition) is 3. The van der Waals surface area contributed by atoms with Crippen LogP contribution in [0.2, 0.25) is 0 Å². The van der Waals surface area contributed by atoms with Crippen LogP contribution in [0.15, 0.2) is 36.4 Å². The van der Waals surface area contributed by atoms with E-state index in [9.17, 15) is 5.11 Å². The smallest absolute Gasteiger partial charge is 0.127 e. The Morgan fingerprint density at radius 3 is 2.55 bits per heavy atom. The summed E-state index contributed by atoms with van der Waals surface area (Å²) in [5, 5.41) is 15.4. The van der Waals surface area contributed by atoms with E-state index < -0.39 is 6.10 Å². The first-order chi connectivity index (χ1) is 9.58. The van der Waals surface area contributed by atoms with Crippen molar-refractivity contribution in [2.24, 2.45) is 0 Å². The van der Waals surface area contributed by atoms with Gasteiger partial charge in [-0.05, 0) is 23.9 Å². The molecular weight excluding hydrogens is 250 g/mol. The van der Waals surface area contributed by atoms with E-state index in [4.69, 9.17) is 4.74 Å². The van der Waals surface area contributed by atoms with Gasteiger partial charge in [0.05, 0.1) is 0 Å². The number of fused-ring (bicyclic) bond motifs is 1. The van der Waals surface area contributed by atoms with Gasteiger partial charge in [-0.25, -0.2) is 0 Å². The molecule has 3 nitrogen and oxygen atoms in total. The predicted octanol–water partition coefficient (Wildman–Crippen LogP) is 2.89. The summed E-state index contributed by atoms with van der Waals surface area (Å²) in [5.41, 5.74) is 1.19. The molecule has 1 atom stereocenters. The fraction of sp³-hybridized carbons (Fsp3) is 0.412. The molecule has 0 saturated carbocycles. The van der Waals surface area contributed by atoms with Crippen molar-refractivity contribution < 1.29 is 9.84 Å². The average molecular weight is 273 g/mol. The third-order valence-electron chi connectivity index (χ3n) is 3.27. The molecular formula is C17H23NO2. The summed E-state index contributed by atoms with van der Waals surface area (Å²) in [5.74, 6) is 0.837. The summed E-state index contributed by atoms with van der Waals surface area (Å²) < 4.78 is 5.80. The lowest BCUT2D eigenvalue weighted by Gasteiger charge is -2.16. The van der Waals surface area contributed by atoms with Crippen molar-refractivity contribution in [3.63, 3.8) is 0 Å². The van der Waals surface area contributed by atoms with E-state index in [0.29, 0.717) is 19.2 Å². The van der Waals surface area contributed by atoms with Crippen molar-refractivity contribution >= 4 is 10.8 Å². The minimum atomic E-state index is -0.503. The molecule has 0 amide bonds. The Morgan fingerprint density at radius 2 is 1.85 bits per heavy atom. The number of nitrogens with one attached hydrogen (secondary N) is 1. The monoisotopic (exact) mass is 273 g/mol. The van der Waals surface area contributed by atoms with Crippen LogP contribution in [-0.4, -0.2) is 30.4 Å². The van der Waals surface area contributed by atoms with Crippen molar-refractivity contribution in [2.75, 3.05) is 13.2 Å². The molecule has 2 rings (SSSR count). The van der Waals surface area contributed by atoms with Gasteiger partial charge < -0.3 is 15.2 Å². The van der Waals surface area contributed by atoms with Gasteiger partial charge in [0, 0.05) is 18.0 Å². The normalized spacial score (nSPS) is 12.8. The molecule has 0 radical (unpaired) electrons. The minimum Gasteiger partial charge on any atom is -0.490 e. The van der Waals surface area contributed by atoms with Gasteiger partial charge in [-0.3, -0.25) is 0 Å². The number of benzene rings is 2. The molecule has 0 bridgehead atoms. The molecule has 2 N–H and O–H groups in total. The van der Waals surface area contributed by atoms with Crippen molar-refractivity contribution in [1.29, 1.82) is 0 Å². The summed E-state index contributed by atoms with van der Waals surface area (Å²) >= 11 is 0. The lowest BCUT2D eigenvalue weighted by molar-refractivity contribution is 0.105. The fourth-order valence-corrected chi connectivity index (χ4v) is 2.23. The molecule has 108 valence electrons. The SMILES string of the molecule is Cc1cccc2cccc(OCC(O)CNC(C)C)c12. The molecule has 0 spiro atoms. The minimum absolute atomic E-state index is 0.299. The zero-order chi connectivity index (χ0) is 14.5. The maximum Gasteiger partial charge on any atom is 0.127 e. The highest BCUT2D eigenvalue weighted by atomic mass is 16.5. The largest absolute Gasteiger partial charge is 0.490 e. The lowest BCUT2D eigenvalue weighted by Crippen LogP contribution is -2.35. The molecule has 1 unspecified atom stereocenters. The number of hydrogen-bond donors (Lipinski definition) is 2. The van der Waals surface area contributed by atoms with Crippen LogP contribution in [0.5, 0.6) is 5.75 Å². The van der Waals surface area contributed by atoms with Crippen molar-refractivity contribution in [3.05, 3.63) is 42.0 Å². The van der Waals surface area contributed by atoms with Crippen LogP contribution in [0, 0.1) is 6.92 Å². The maximum atomic E-state index is 9.91. The van der Waals surface area contributed by atoms with Gasteiger partial charge in [0.2, 0.25) is 0 Å². The topological polar surface area (TPSA) is 41.5 Å². The van der Waals surface area contributed by atoms with Gasteiger partial charge in [0.15, 0.2) is 0 Å². The third kappa shape index (κ3) is 3.71. The van der Waals surface area contributed by atoms with Gasteiger partial charge in [0.25, 0.3) is 0 Å². The van der Waals surface area contributed by atoms with Crippen LogP contribution >= 0.6 is 0 Å². The highest BCUT2D eigenvalue weighted by Gasteiger charge is 2.09. The van der Waals surface area contributed by atoms with Gasteiger partial charge in [-0.1, -0.05) is 44.2 Å². The number of aliphatic hydroxyl groups excluding tert-OH is 1. The molecule has 20 heavy (non-hydrogen) atoms. The van der Waals surface area contributed by atoms with E-state index in [1.165, 1.54) is 5.56 Å². The highest BCUT2D eigenvalue weighted by Crippen LogP contribution is 2.28. The molecule has 0 fully saturated rings. The van der Waals surface area contributed by atoms with Crippen molar-refractivity contribution in [1.82, 2.24) is 5.32 Å². The van der Waals surface area contributed by atoms with E-state index in [1.807, 2.05) is 18.2 Å². The Bertz CT molecular complexity index is 561. The third-order valence-corrected chi connectivity index (χ3v) is 3.27. The predicted molar refractivity (Wildman–Crippen MR) is 83.3 cm³/mol. The zero-order valence-corrected chi connectivity index (χ0v) is 12.4. The van der Waals surface area contributed by atoms with Gasteiger partial charge in [-0.15, -0.1) is 0 Å². The lowest BCUT2D eigenvalue weighted by atomic mass is 10.0. The second-order valence-electron chi connectivity index (χ2n) is 5.46. The average Bonchev–Trinajstić information content (AvgIpc) is 2.43.